The molecule has 6 heteroatoms. The van der Waals surface area contributed by atoms with E-state index in [1.165, 1.54) is 59.7 Å². The number of hydrogen-bond donors (Lipinski definition) is 2. The first-order valence-electron chi connectivity index (χ1n) is 13.4. The van der Waals surface area contributed by atoms with Gasteiger partial charge in [-0.05, 0) is 42.9 Å². The van der Waals surface area contributed by atoms with Crippen LogP contribution in [-0.2, 0) is 16.1 Å². The van der Waals surface area contributed by atoms with Crippen molar-refractivity contribution in [3.05, 3.63) is 71.4 Å². The van der Waals surface area contributed by atoms with Gasteiger partial charge in [0.05, 0.1) is 12.7 Å². The second kappa shape index (κ2) is 12.8. The van der Waals surface area contributed by atoms with Gasteiger partial charge in [0.2, 0.25) is 5.91 Å². The monoisotopic (exact) mass is 509 g/mol. The molecular weight excluding hydrogens is 470 g/mol. The molecule has 0 bridgehead atoms. The number of hydrogen-bond acceptors (Lipinski definition) is 3. The average Bonchev–Trinajstić information content (AvgIpc) is 3.25. The molecule has 1 saturated heterocycles. The molecule has 5 rings (SSSR count). The number of para-hydroxylation sites is 1. The fourth-order valence-electron chi connectivity index (χ4n) is 5.88. The highest BCUT2D eigenvalue weighted by molar-refractivity contribution is 5.87. The number of nitrogens with one attached hydrogen (secondary N) is 2. The molecule has 3 aromatic rings. The van der Waals surface area contributed by atoms with Crippen LogP contribution in [0.4, 0.5) is 0 Å². The summed E-state index contributed by atoms with van der Waals surface area (Å²) >= 11 is 0. The first kappa shape index (κ1) is 26.7. The van der Waals surface area contributed by atoms with Crippen LogP contribution >= 0.6 is 12.4 Å². The summed E-state index contributed by atoms with van der Waals surface area (Å²) in [6, 6.07) is 17.4. The van der Waals surface area contributed by atoms with E-state index < -0.39 is 0 Å². The summed E-state index contributed by atoms with van der Waals surface area (Å²) in [6.07, 6.45) is 9.54. The minimum absolute atomic E-state index is 0. The van der Waals surface area contributed by atoms with Gasteiger partial charge in [-0.1, -0.05) is 67.3 Å². The van der Waals surface area contributed by atoms with Gasteiger partial charge in [-0.15, -0.1) is 12.4 Å². The SMILES string of the molecule is Cc1cccc(C(CC(=O)NCC2CNCCO2)c2cn(CC3CCCCC3)c3ccccc23)c1.Cl. The van der Waals surface area contributed by atoms with Gasteiger partial charge in [-0.2, -0.15) is 0 Å². The lowest BCUT2D eigenvalue weighted by molar-refractivity contribution is -0.122. The van der Waals surface area contributed by atoms with Gasteiger partial charge < -0.3 is 19.9 Å². The minimum Gasteiger partial charge on any atom is -0.374 e. The summed E-state index contributed by atoms with van der Waals surface area (Å²) in [7, 11) is 0. The molecule has 2 N–H and O–H groups in total. The number of carbonyl (C=O) groups excluding carboxylic acids is 1. The molecule has 194 valence electrons. The third-order valence-corrected chi connectivity index (χ3v) is 7.74. The molecule has 2 atom stereocenters. The Morgan fingerprint density at radius 1 is 1.14 bits per heavy atom. The molecule has 1 saturated carbocycles. The quantitative estimate of drug-likeness (QED) is 0.417. The lowest BCUT2D eigenvalue weighted by atomic mass is 9.87. The van der Waals surface area contributed by atoms with E-state index in [1.807, 2.05) is 0 Å². The van der Waals surface area contributed by atoms with E-state index in [-0.39, 0.29) is 30.3 Å². The van der Waals surface area contributed by atoms with Gasteiger partial charge >= 0.3 is 0 Å². The largest absolute Gasteiger partial charge is 0.374 e. The van der Waals surface area contributed by atoms with E-state index in [1.54, 1.807) is 0 Å². The van der Waals surface area contributed by atoms with Gasteiger partial charge in [-0.3, -0.25) is 4.79 Å². The second-order valence-electron chi connectivity index (χ2n) is 10.4. The van der Waals surface area contributed by atoms with E-state index in [0.29, 0.717) is 19.6 Å². The maximum atomic E-state index is 13.2. The Bertz CT molecular complexity index is 1130. The van der Waals surface area contributed by atoms with Crippen LogP contribution in [0.25, 0.3) is 10.9 Å². The Morgan fingerprint density at radius 3 is 2.75 bits per heavy atom. The molecule has 1 aliphatic carbocycles. The fourth-order valence-corrected chi connectivity index (χ4v) is 5.88. The molecule has 2 heterocycles. The van der Waals surface area contributed by atoms with E-state index >= 15 is 0 Å². The molecule has 2 fully saturated rings. The molecule has 5 nitrogen and oxygen atoms in total. The van der Waals surface area contributed by atoms with Gasteiger partial charge in [0.15, 0.2) is 0 Å². The molecule has 36 heavy (non-hydrogen) atoms. The highest BCUT2D eigenvalue weighted by Crippen LogP contribution is 2.36. The fraction of sp³-hybridized carbons (Fsp3) is 0.500. The van der Waals surface area contributed by atoms with E-state index in [0.717, 1.165) is 25.6 Å². The molecule has 2 aromatic carbocycles. The number of carbonyl (C=O) groups is 1. The average molecular weight is 510 g/mol. The zero-order valence-corrected chi connectivity index (χ0v) is 22.2. The maximum absolute atomic E-state index is 13.2. The van der Waals surface area contributed by atoms with Crippen LogP contribution in [0.5, 0.6) is 0 Å². The smallest absolute Gasteiger partial charge is 0.221 e. The molecule has 1 aromatic heterocycles. The summed E-state index contributed by atoms with van der Waals surface area (Å²) in [6.45, 7) is 6.11. The number of morpholine rings is 1. The van der Waals surface area contributed by atoms with Crippen molar-refractivity contribution in [1.82, 2.24) is 15.2 Å². The molecule has 1 aliphatic heterocycles. The maximum Gasteiger partial charge on any atom is 0.221 e. The van der Waals surface area contributed by atoms with Crippen LogP contribution in [0.3, 0.4) is 0 Å². The predicted octanol–water partition coefficient (Wildman–Crippen LogP) is 5.58. The van der Waals surface area contributed by atoms with Crippen LogP contribution < -0.4 is 10.6 Å². The number of rotatable bonds is 8. The topological polar surface area (TPSA) is 55.3 Å². The normalized spacial score (nSPS) is 19.5. The molecular formula is C30H40ClN3O2. The standard InChI is InChI=1S/C30H39N3O2.ClH/c1-22-8-7-11-24(16-22)27(17-30(34)32-19-25-18-31-14-15-35-25)28-21-33(20-23-9-3-2-4-10-23)29-13-6-5-12-26(28)29;/h5-8,11-13,16,21,23,25,27,31H,2-4,9-10,14-15,17-20H2,1H3,(H,32,34);1H. The van der Waals surface area contributed by atoms with Crippen LogP contribution in [-0.4, -0.2) is 42.8 Å². The Morgan fingerprint density at radius 2 is 1.97 bits per heavy atom. The lowest BCUT2D eigenvalue weighted by Crippen LogP contribution is -2.45. The molecule has 0 radical (unpaired) electrons. The number of nitrogens with zero attached hydrogens (tertiary/aromatic N) is 1. The van der Waals surface area contributed by atoms with Crippen molar-refractivity contribution in [3.63, 3.8) is 0 Å². The molecule has 0 spiro atoms. The number of aryl methyl sites for hydroxylation is 1. The third kappa shape index (κ3) is 6.50. The van der Waals surface area contributed by atoms with Crippen LogP contribution in [0, 0.1) is 12.8 Å². The predicted molar refractivity (Wildman–Crippen MR) is 149 cm³/mol. The Hall–Kier alpha value is -2.34. The number of halogens is 1. The molecule has 2 aliphatic rings. The Kier molecular flexibility index (Phi) is 9.47. The van der Waals surface area contributed by atoms with Gasteiger partial charge in [0.1, 0.15) is 0 Å². The third-order valence-electron chi connectivity index (χ3n) is 7.74. The minimum atomic E-state index is 0. The van der Waals surface area contributed by atoms with Crippen molar-refractivity contribution < 1.29 is 9.53 Å². The van der Waals surface area contributed by atoms with Crippen LogP contribution in [0.15, 0.2) is 54.7 Å². The van der Waals surface area contributed by atoms with Crippen LogP contribution in [0.2, 0.25) is 0 Å². The highest BCUT2D eigenvalue weighted by Gasteiger charge is 2.25. The van der Waals surface area contributed by atoms with Crippen molar-refractivity contribution in [1.29, 1.82) is 0 Å². The number of aromatic nitrogens is 1. The Labute approximate surface area is 221 Å². The first-order valence-corrected chi connectivity index (χ1v) is 13.4. The van der Waals surface area contributed by atoms with Gasteiger partial charge in [-0.25, -0.2) is 0 Å². The summed E-state index contributed by atoms with van der Waals surface area (Å²) in [5.41, 5.74) is 4.97. The lowest BCUT2D eigenvalue weighted by Gasteiger charge is -2.24. The van der Waals surface area contributed by atoms with E-state index in [9.17, 15) is 4.79 Å². The number of fused-ring (bicyclic) bond motifs is 1. The summed E-state index contributed by atoms with van der Waals surface area (Å²) in [5, 5.41) is 7.75. The van der Waals surface area contributed by atoms with E-state index in [2.05, 4.69) is 76.9 Å². The second-order valence-corrected chi connectivity index (χ2v) is 10.4. The Balaban J connectivity index is 0.00000304. The molecule has 1 amide bonds. The number of benzene rings is 2. The summed E-state index contributed by atoms with van der Waals surface area (Å²) in [4.78, 5) is 13.2. The summed E-state index contributed by atoms with van der Waals surface area (Å²) in [5.74, 6) is 0.838. The van der Waals surface area contributed by atoms with Gasteiger partial charge in [0.25, 0.3) is 0 Å². The number of ether oxygens (including phenoxy) is 1. The van der Waals surface area contributed by atoms with Crippen molar-refractivity contribution in [2.24, 2.45) is 5.92 Å². The molecule has 2 unspecified atom stereocenters. The number of amides is 1. The van der Waals surface area contributed by atoms with E-state index in [4.69, 9.17) is 4.74 Å². The van der Waals surface area contributed by atoms with Crippen molar-refractivity contribution in [2.45, 2.75) is 64.0 Å². The van der Waals surface area contributed by atoms with Crippen molar-refractivity contribution in [2.75, 3.05) is 26.2 Å². The van der Waals surface area contributed by atoms with Crippen LogP contribution in [0.1, 0.15) is 61.1 Å². The van der Waals surface area contributed by atoms with Crippen molar-refractivity contribution in [3.8, 4) is 0 Å². The van der Waals surface area contributed by atoms with Crippen molar-refractivity contribution >= 4 is 29.2 Å². The summed E-state index contributed by atoms with van der Waals surface area (Å²) < 4.78 is 8.23. The van der Waals surface area contributed by atoms with Gasteiger partial charge in [0, 0.05) is 55.6 Å². The zero-order valence-electron chi connectivity index (χ0n) is 21.4. The zero-order chi connectivity index (χ0) is 24.0. The first-order chi connectivity index (χ1) is 17.2. The highest BCUT2D eigenvalue weighted by atomic mass is 35.5.